The lowest BCUT2D eigenvalue weighted by atomic mass is 10.0. The van der Waals surface area contributed by atoms with E-state index in [2.05, 4.69) is 94.6 Å². The highest BCUT2D eigenvalue weighted by Crippen LogP contribution is 2.37. The fourth-order valence-electron chi connectivity index (χ4n) is 6.19. The normalized spacial score (nSPS) is 11.3. The molecule has 2 N–H and O–H groups in total. The average molecular weight is 605 g/mol. The number of carboxylic acids is 1. The molecule has 5 heteroatoms. The third kappa shape index (κ3) is 5.24. The molecular formula is C42H26N3O2-. The van der Waals surface area contributed by atoms with Gasteiger partial charge in [-0.1, -0.05) is 103 Å². The summed E-state index contributed by atoms with van der Waals surface area (Å²) in [6.07, 6.45) is 4.15. The maximum Gasteiger partial charge on any atom is 0.0737 e. The summed E-state index contributed by atoms with van der Waals surface area (Å²) < 4.78 is 0. The van der Waals surface area contributed by atoms with Gasteiger partial charge in [0.05, 0.1) is 17.4 Å². The van der Waals surface area contributed by atoms with Gasteiger partial charge in [-0.05, 0) is 71.3 Å². The number of rotatable bonds is 4. The largest absolute Gasteiger partial charge is 0.545 e. The van der Waals surface area contributed by atoms with Crippen molar-refractivity contribution in [1.29, 1.82) is 0 Å². The van der Waals surface area contributed by atoms with Crippen LogP contribution in [0.1, 0.15) is 32.9 Å². The lowest BCUT2D eigenvalue weighted by Gasteiger charge is -2.07. The zero-order valence-corrected chi connectivity index (χ0v) is 25.1. The Morgan fingerprint density at radius 3 is 1.53 bits per heavy atom. The Labute approximate surface area is 271 Å². The second-order valence-electron chi connectivity index (χ2n) is 11.3. The van der Waals surface area contributed by atoms with Gasteiger partial charge in [0.2, 0.25) is 0 Å². The summed E-state index contributed by atoms with van der Waals surface area (Å²) in [5.74, 6) is 4.86. The van der Waals surface area contributed by atoms with Crippen LogP contribution in [-0.4, -0.2) is 20.9 Å². The van der Waals surface area contributed by atoms with Crippen LogP contribution in [0, 0.1) is 11.8 Å². The van der Waals surface area contributed by atoms with Gasteiger partial charge in [0.15, 0.2) is 0 Å². The van der Waals surface area contributed by atoms with Crippen LogP contribution >= 0.6 is 0 Å². The van der Waals surface area contributed by atoms with Crippen LogP contribution in [0.3, 0.4) is 0 Å². The summed E-state index contributed by atoms with van der Waals surface area (Å²) in [6, 6.07) is 43.8. The van der Waals surface area contributed by atoms with Gasteiger partial charge in [0.1, 0.15) is 0 Å². The molecule has 0 unspecified atom stereocenters. The van der Waals surface area contributed by atoms with Gasteiger partial charge in [0.25, 0.3) is 0 Å². The topological polar surface area (TPSA) is 84.6 Å². The first-order chi connectivity index (χ1) is 23.1. The molecule has 0 fully saturated rings. The molecule has 5 nitrogen and oxygen atoms in total. The zero-order chi connectivity index (χ0) is 31.7. The third-order valence-corrected chi connectivity index (χ3v) is 8.39. The van der Waals surface area contributed by atoms with E-state index in [9.17, 15) is 9.90 Å². The number of carbonyl (C=O) groups is 1. The SMILES string of the molecule is O=C([O-])c1ccccc1C#Cc1ccc(-c2c3nc(c(-c4ccccc4)c4ccc([nH]4)c(-c4ccccc4)c4ccc2[nH]4)C=C3)cc1. The Morgan fingerprint density at radius 2 is 0.979 bits per heavy atom. The smallest absolute Gasteiger partial charge is 0.0737 e. The van der Waals surface area contributed by atoms with Gasteiger partial charge >= 0.3 is 0 Å². The van der Waals surface area contributed by atoms with Crippen molar-refractivity contribution < 1.29 is 9.90 Å². The molecule has 3 aromatic heterocycles. The Kier molecular flexibility index (Phi) is 6.94. The van der Waals surface area contributed by atoms with Crippen molar-refractivity contribution in [3.63, 3.8) is 0 Å². The van der Waals surface area contributed by atoms with Gasteiger partial charge in [0, 0.05) is 55.4 Å². The summed E-state index contributed by atoms with van der Waals surface area (Å²) in [5, 5.41) is 11.5. The zero-order valence-electron chi connectivity index (χ0n) is 25.1. The van der Waals surface area contributed by atoms with E-state index in [1.807, 2.05) is 48.5 Å². The fourth-order valence-corrected chi connectivity index (χ4v) is 6.19. The molecular weight excluding hydrogens is 578 g/mol. The molecule has 6 bridgehead atoms. The van der Waals surface area contributed by atoms with Gasteiger partial charge in [-0.25, -0.2) is 4.98 Å². The van der Waals surface area contributed by atoms with E-state index in [4.69, 9.17) is 4.98 Å². The van der Waals surface area contributed by atoms with Crippen molar-refractivity contribution in [2.24, 2.45) is 0 Å². The summed E-state index contributed by atoms with van der Waals surface area (Å²) in [6.45, 7) is 0. The average Bonchev–Trinajstić information content (AvgIpc) is 3.89. The summed E-state index contributed by atoms with van der Waals surface area (Å²) in [7, 11) is 0. The number of benzene rings is 4. The van der Waals surface area contributed by atoms with Crippen molar-refractivity contribution >= 4 is 40.2 Å². The number of carbonyl (C=O) groups excluding carboxylic acids is 1. The minimum Gasteiger partial charge on any atom is -0.545 e. The lowest BCUT2D eigenvalue weighted by Crippen LogP contribution is -2.23. The predicted octanol–water partition coefficient (Wildman–Crippen LogP) is 8.42. The van der Waals surface area contributed by atoms with E-state index in [0.717, 1.165) is 72.4 Å². The molecule has 0 saturated heterocycles. The van der Waals surface area contributed by atoms with E-state index < -0.39 is 5.97 Å². The number of aromatic carboxylic acids is 1. The van der Waals surface area contributed by atoms with Crippen LogP contribution in [0.4, 0.5) is 0 Å². The summed E-state index contributed by atoms with van der Waals surface area (Å²) >= 11 is 0. The molecule has 0 saturated carbocycles. The number of nitrogens with zero attached hydrogens (tertiary/aromatic N) is 1. The molecule has 222 valence electrons. The van der Waals surface area contributed by atoms with E-state index >= 15 is 0 Å². The Hall–Kier alpha value is -6.64. The second-order valence-corrected chi connectivity index (χ2v) is 11.3. The van der Waals surface area contributed by atoms with Crippen molar-refractivity contribution in [2.45, 2.75) is 0 Å². The van der Waals surface area contributed by atoms with E-state index in [1.54, 1.807) is 18.2 Å². The molecule has 1 aliphatic heterocycles. The standard InChI is InChI=1S/C42H27N3O2/c46-42(47)32-14-8-7-9-28(32)18-15-27-16-19-31(20-17-27)41-37-25-23-35(44-37)39(29-10-3-1-4-11-29)33-21-22-34(43-33)40(30-12-5-2-6-13-30)36-24-26-38(41)45-36/h1-14,16-17,19-26,43-44H,(H,46,47)/p-1. The molecule has 8 rings (SSSR count). The van der Waals surface area contributed by atoms with E-state index in [-0.39, 0.29) is 5.56 Å². The van der Waals surface area contributed by atoms with E-state index in [1.165, 1.54) is 6.07 Å². The molecule has 47 heavy (non-hydrogen) atoms. The monoisotopic (exact) mass is 604 g/mol. The minimum atomic E-state index is -1.24. The van der Waals surface area contributed by atoms with E-state index in [0.29, 0.717) is 5.56 Å². The Morgan fingerprint density at radius 1 is 0.511 bits per heavy atom. The third-order valence-electron chi connectivity index (χ3n) is 8.39. The number of hydrogen-bond donors (Lipinski definition) is 2. The molecule has 0 radical (unpaired) electrons. The van der Waals surface area contributed by atoms with Gasteiger partial charge in [-0.2, -0.15) is 0 Å². The van der Waals surface area contributed by atoms with Gasteiger partial charge in [-0.15, -0.1) is 0 Å². The highest BCUT2D eigenvalue weighted by atomic mass is 16.4. The number of aromatic nitrogens is 3. The molecule has 0 aliphatic carbocycles. The molecule has 4 aromatic carbocycles. The highest BCUT2D eigenvalue weighted by molar-refractivity contribution is 6.00. The van der Waals surface area contributed by atoms with Crippen LogP contribution in [0.5, 0.6) is 0 Å². The van der Waals surface area contributed by atoms with Gasteiger partial charge in [-0.3, -0.25) is 0 Å². The van der Waals surface area contributed by atoms with Crippen LogP contribution in [0.15, 0.2) is 133 Å². The van der Waals surface area contributed by atoms with Crippen LogP contribution < -0.4 is 5.11 Å². The Bertz CT molecular complexity index is 2480. The maximum absolute atomic E-state index is 11.5. The molecule has 1 aliphatic rings. The van der Waals surface area contributed by atoms with Gasteiger partial charge < -0.3 is 19.9 Å². The second kappa shape index (κ2) is 11.7. The number of aromatic amines is 2. The first-order valence-electron chi connectivity index (χ1n) is 15.3. The molecule has 0 atom stereocenters. The number of fused-ring (bicyclic) bond motifs is 6. The first-order valence-corrected chi connectivity index (χ1v) is 15.3. The molecule has 0 spiro atoms. The summed E-state index contributed by atoms with van der Waals surface area (Å²) in [4.78, 5) is 24.2. The first kappa shape index (κ1) is 27.9. The number of hydrogen-bond acceptors (Lipinski definition) is 3. The molecule has 0 amide bonds. The van der Waals surface area contributed by atoms with Crippen molar-refractivity contribution in [2.75, 3.05) is 0 Å². The number of H-pyrrole nitrogens is 2. The maximum atomic E-state index is 11.5. The van der Waals surface area contributed by atoms with Crippen LogP contribution in [-0.2, 0) is 0 Å². The van der Waals surface area contributed by atoms with Crippen molar-refractivity contribution in [3.8, 4) is 45.2 Å². The van der Waals surface area contributed by atoms with Crippen molar-refractivity contribution in [1.82, 2.24) is 15.0 Å². The van der Waals surface area contributed by atoms with Crippen LogP contribution in [0.25, 0.3) is 67.6 Å². The minimum absolute atomic E-state index is 0.0783. The quantitative estimate of drug-likeness (QED) is 0.198. The number of carboxylic acid groups (broad SMARTS) is 1. The highest BCUT2D eigenvalue weighted by Gasteiger charge is 2.17. The predicted molar refractivity (Wildman–Crippen MR) is 188 cm³/mol. The van der Waals surface area contributed by atoms with Crippen LogP contribution in [0.2, 0.25) is 0 Å². The van der Waals surface area contributed by atoms with Crippen molar-refractivity contribution in [3.05, 3.63) is 162 Å². The summed E-state index contributed by atoms with van der Waals surface area (Å²) in [5.41, 5.74) is 13.1. The Balaban J connectivity index is 1.36. The molecule has 4 heterocycles. The fraction of sp³-hybridized carbons (Fsp3) is 0. The number of nitrogens with one attached hydrogen (secondary N) is 2. The lowest BCUT2D eigenvalue weighted by molar-refractivity contribution is -0.255. The molecule has 7 aromatic rings.